The van der Waals surface area contributed by atoms with Crippen molar-refractivity contribution in [3.63, 3.8) is 0 Å². The number of esters is 1. The summed E-state index contributed by atoms with van der Waals surface area (Å²) >= 11 is 0. The van der Waals surface area contributed by atoms with E-state index in [1.54, 1.807) is 23.5 Å². The van der Waals surface area contributed by atoms with Crippen molar-refractivity contribution in [3.05, 3.63) is 59.4 Å². The highest BCUT2D eigenvalue weighted by atomic mass is 19.4. The Balaban J connectivity index is 1.77. The third-order valence-corrected chi connectivity index (χ3v) is 5.26. The van der Waals surface area contributed by atoms with Gasteiger partial charge in [0.05, 0.1) is 18.7 Å². The molecule has 0 bridgehead atoms. The highest BCUT2D eigenvalue weighted by Crippen LogP contribution is 2.37. The molecule has 1 aliphatic rings. The molecule has 1 aliphatic carbocycles. The van der Waals surface area contributed by atoms with Crippen LogP contribution in [0.5, 0.6) is 0 Å². The Morgan fingerprint density at radius 1 is 1.06 bits per heavy atom. The number of benzene rings is 2. The molecule has 10 heteroatoms. The fourth-order valence-electron chi connectivity index (χ4n) is 3.27. The zero-order chi connectivity index (χ0) is 23.7. The lowest BCUT2D eigenvalue weighted by Crippen LogP contribution is -2.53. The van der Waals surface area contributed by atoms with E-state index in [1.165, 1.54) is 38.3 Å². The molecule has 3 rings (SSSR count). The van der Waals surface area contributed by atoms with E-state index in [-0.39, 0.29) is 24.0 Å². The molecule has 1 fully saturated rings. The number of nitrogens with one attached hydrogen (secondary N) is 2. The van der Waals surface area contributed by atoms with Crippen LogP contribution in [0, 0.1) is 5.82 Å². The number of alkyl halides is 3. The van der Waals surface area contributed by atoms with Gasteiger partial charge in [0, 0.05) is 5.56 Å². The van der Waals surface area contributed by atoms with E-state index in [9.17, 15) is 31.9 Å². The standard InChI is InChI=1S/C22H20F4N2O4/c1-12(27-19(30)21(9-10-21)28-20(31)22(24,25)26)13-7-8-15(17(23)11-13)14-5-3-4-6-16(14)18(29)32-2/h3-8,11-12H,9-10H2,1-2H3,(H,27,30)(H,28,31). The molecule has 6 nitrogen and oxygen atoms in total. The van der Waals surface area contributed by atoms with Gasteiger partial charge in [0.1, 0.15) is 11.4 Å². The molecule has 2 amide bonds. The van der Waals surface area contributed by atoms with Crippen LogP contribution in [0.1, 0.15) is 41.7 Å². The van der Waals surface area contributed by atoms with E-state index in [0.29, 0.717) is 11.1 Å². The number of rotatable bonds is 6. The second-order valence-corrected chi connectivity index (χ2v) is 7.51. The number of hydrogen-bond donors (Lipinski definition) is 2. The molecule has 0 saturated heterocycles. The number of ether oxygens (including phenoxy) is 1. The monoisotopic (exact) mass is 452 g/mol. The summed E-state index contributed by atoms with van der Waals surface area (Å²) < 4.78 is 57.1. The molecule has 32 heavy (non-hydrogen) atoms. The van der Waals surface area contributed by atoms with Crippen LogP contribution >= 0.6 is 0 Å². The largest absolute Gasteiger partial charge is 0.471 e. The van der Waals surface area contributed by atoms with Gasteiger partial charge in [-0.2, -0.15) is 13.2 Å². The molecule has 0 aliphatic heterocycles. The molecule has 2 aromatic carbocycles. The van der Waals surface area contributed by atoms with Crippen molar-refractivity contribution in [2.75, 3.05) is 7.11 Å². The fraction of sp³-hybridized carbons (Fsp3) is 0.318. The molecule has 1 atom stereocenters. The number of carbonyl (C=O) groups is 3. The molecular weight excluding hydrogens is 432 g/mol. The van der Waals surface area contributed by atoms with Gasteiger partial charge in [-0.3, -0.25) is 9.59 Å². The summed E-state index contributed by atoms with van der Waals surface area (Å²) in [6.45, 7) is 1.54. The maximum Gasteiger partial charge on any atom is 0.471 e. The van der Waals surface area contributed by atoms with Crippen molar-refractivity contribution >= 4 is 17.8 Å². The van der Waals surface area contributed by atoms with E-state index < -0.39 is 41.4 Å². The highest BCUT2D eigenvalue weighted by molar-refractivity contribution is 5.97. The SMILES string of the molecule is COC(=O)c1ccccc1-c1ccc(C(C)NC(=O)C2(NC(=O)C(F)(F)F)CC2)cc1F. The van der Waals surface area contributed by atoms with Crippen molar-refractivity contribution in [2.45, 2.75) is 37.5 Å². The zero-order valence-electron chi connectivity index (χ0n) is 17.2. The smallest absolute Gasteiger partial charge is 0.465 e. The normalized spacial score (nSPS) is 15.4. The van der Waals surface area contributed by atoms with Crippen molar-refractivity contribution in [1.29, 1.82) is 0 Å². The van der Waals surface area contributed by atoms with Crippen molar-refractivity contribution in [2.24, 2.45) is 0 Å². The first-order chi connectivity index (χ1) is 15.0. The van der Waals surface area contributed by atoms with Crippen LogP contribution in [-0.4, -0.2) is 36.6 Å². The lowest BCUT2D eigenvalue weighted by atomic mass is 9.96. The van der Waals surface area contributed by atoms with Crippen LogP contribution in [0.15, 0.2) is 42.5 Å². The third-order valence-electron chi connectivity index (χ3n) is 5.26. The van der Waals surface area contributed by atoms with Gasteiger partial charge in [-0.05, 0) is 43.0 Å². The average molecular weight is 452 g/mol. The van der Waals surface area contributed by atoms with Gasteiger partial charge >= 0.3 is 18.1 Å². The van der Waals surface area contributed by atoms with E-state index in [4.69, 9.17) is 4.74 Å². The van der Waals surface area contributed by atoms with E-state index in [0.717, 1.165) is 0 Å². The summed E-state index contributed by atoms with van der Waals surface area (Å²) in [4.78, 5) is 35.6. The quantitative estimate of drug-likeness (QED) is 0.518. The zero-order valence-corrected chi connectivity index (χ0v) is 17.2. The predicted octanol–water partition coefficient (Wildman–Crippen LogP) is 3.67. The molecule has 1 saturated carbocycles. The van der Waals surface area contributed by atoms with Gasteiger partial charge in [-0.25, -0.2) is 9.18 Å². The highest BCUT2D eigenvalue weighted by Gasteiger charge is 2.55. The Morgan fingerprint density at radius 2 is 1.72 bits per heavy atom. The van der Waals surface area contributed by atoms with Gasteiger partial charge in [0.25, 0.3) is 0 Å². The summed E-state index contributed by atoms with van der Waals surface area (Å²) in [6.07, 6.45) is -4.95. The summed E-state index contributed by atoms with van der Waals surface area (Å²) in [5.41, 5.74) is -0.609. The van der Waals surface area contributed by atoms with Gasteiger partial charge < -0.3 is 15.4 Å². The molecule has 0 spiro atoms. The maximum atomic E-state index is 14.9. The molecule has 0 aromatic heterocycles. The third kappa shape index (κ3) is 4.74. The first-order valence-corrected chi connectivity index (χ1v) is 9.66. The minimum atomic E-state index is -5.10. The number of hydrogen-bond acceptors (Lipinski definition) is 4. The maximum absolute atomic E-state index is 14.9. The van der Waals surface area contributed by atoms with E-state index in [1.807, 2.05) is 0 Å². The minimum absolute atomic E-state index is 0.0744. The number of methoxy groups -OCH3 is 1. The van der Waals surface area contributed by atoms with E-state index in [2.05, 4.69) is 5.32 Å². The summed E-state index contributed by atoms with van der Waals surface area (Å²) in [5.74, 6) is -4.24. The Hall–Kier alpha value is -3.43. The Labute approximate surface area is 180 Å². The molecule has 2 aromatic rings. The van der Waals surface area contributed by atoms with Crippen molar-refractivity contribution in [3.8, 4) is 11.1 Å². The number of amides is 2. The van der Waals surface area contributed by atoms with Crippen LogP contribution < -0.4 is 10.6 Å². The lowest BCUT2D eigenvalue weighted by molar-refractivity contribution is -0.175. The summed E-state index contributed by atoms with van der Waals surface area (Å²) in [7, 11) is 1.21. The second-order valence-electron chi connectivity index (χ2n) is 7.51. The molecule has 0 heterocycles. The minimum Gasteiger partial charge on any atom is -0.465 e. The summed E-state index contributed by atoms with van der Waals surface area (Å²) in [5, 5.41) is 4.25. The molecule has 170 valence electrons. The average Bonchev–Trinajstić information content (AvgIpc) is 3.53. The molecular formula is C22H20F4N2O4. The first kappa shape index (κ1) is 23.2. The number of carbonyl (C=O) groups excluding carboxylic acids is 3. The van der Waals surface area contributed by atoms with Crippen molar-refractivity contribution in [1.82, 2.24) is 10.6 Å². The van der Waals surface area contributed by atoms with Crippen LogP contribution in [0.3, 0.4) is 0 Å². The van der Waals surface area contributed by atoms with Gasteiger partial charge in [-0.15, -0.1) is 0 Å². The van der Waals surface area contributed by atoms with Gasteiger partial charge in [-0.1, -0.05) is 30.3 Å². The topological polar surface area (TPSA) is 84.5 Å². The Morgan fingerprint density at radius 3 is 2.28 bits per heavy atom. The number of halogens is 4. The predicted molar refractivity (Wildman–Crippen MR) is 106 cm³/mol. The molecule has 0 radical (unpaired) electrons. The van der Waals surface area contributed by atoms with E-state index >= 15 is 0 Å². The van der Waals surface area contributed by atoms with Gasteiger partial charge in [0.15, 0.2) is 0 Å². The van der Waals surface area contributed by atoms with Crippen LogP contribution in [0.4, 0.5) is 17.6 Å². The van der Waals surface area contributed by atoms with Gasteiger partial charge in [0.2, 0.25) is 5.91 Å². The second kappa shape index (κ2) is 8.60. The fourth-order valence-corrected chi connectivity index (χ4v) is 3.27. The van der Waals surface area contributed by atoms with Crippen molar-refractivity contribution < 1.29 is 36.7 Å². The van der Waals surface area contributed by atoms with Crippen LogP contribution in [0.25, 0.3) is 11.1 Å². The van der Waals surface area contributed by atoms with Crippen LogP contribution in [0.2, 0.25) is 0 Å². The Bertz CT molecular complexity index is 1060. The lowest BCUT2D eigenvalue weighted by Gasteiger charge is -2.22. The summed E-state index contributed by atoms with van der Waals surface area (Å²) in [6, 6.07) is 9.72. The first-order valence-electron chi connectivity index (χ1n) is 9.66. The van der Waals surface area contributed by atoms with Crippen LogP contribution in [-0.2, 0) is 14.3 Å². The Kier molecular flexibility index (Phi) is 6.25. The molecule has 1 unspecified atom stereocenters. The molecule has 2 N–H and O–H groups in total.